The molecule has 4 rings (SSSR count). The number of benzene rings is 2. The number of rotatable bonds is 7. The molecular formula is C21H18N2O4S. The lowest BCUT2D eigenvalue weighted by atomic mass is 10.2. The molecule has 6 nitrogen and oxygen atoms in total. The molecule has 0 saturated carbocycles. The third kappa shape index (κ3) is 3.84. The van der Waals surface area contributed by atoms with E-state index in [-0.39, 0.29) is 22.4 Å². The fourth-order valence-corrected chi connectivity index (χ4v) is 4.10. The third-order valence-corrected chi connectivity index (χ3v) is 5.83. The van der Waals surface area contributed by atoms with Gasteiger partial charge >= 0.3 is 0 Å². The molecule has 0 amide bonds. The van der Waals surface area contributed by atoms with Crippen molar-refractivity contribution in [3.8, 4) is 0 Å². The number of oxazole rings is 1. The van der Waals surface area contributed by atoms with Gasteiger partial charge in [0.2, 0.25) is 26.6 Å². The molecule has 0 bridgehead atoms. The van der Waals surface area contributed by atoms with Crippen LogP contribution < -0.4 is 5.32 Å². The van der Waals surface area contributed by atoms with Crippen molar-refractivity contribution in [2.45, 2.75) is 22.9 Å². The van der Waals surface area contributed by atoms with Crippen molar-refractivity contribution in [1.82, 2.24) is 4.98 Å². The van der Waals surface area contributed by atoms with Crippen molar-refractivity contribution in [2.75, 3.05) is 5.32 Å². The van der Waals surface area contributed by atoms with Gasteiger partial charge in [-0.15, -0.1) is 0 Å². The minimum atomic E-state index is -3.83. The van der Waals surface area contributed by atoms with Crippen LogP contribution >= 0.6 is 0 Å². The molecule has 2 aromatic heterocycles. The van der Waals surface area contributed by atoms with E-state index in [9.17, 15) is 8.42 Å². The summed E-state index contributed by atoms with van der Waals surface area (Å²) in [5, 5.41) is 2.87. The Kier molecular flexibility index (Phi) is 4.99. The van der Waals surface area contributed by atoms with E-state index >= 15 is 0 Å². The number of furan rings is 1. The van der Waals surface area contributed by atoms with Crippen LogP contribution in [0.25, 0.3) is 0 Å². The van der Waals surface area contributed by atoms with E-state index < -0.39 is 9.84 Å². The van der Waals surface area contributed by atoms with Crippen molar-refractivity contribution >= 4 is 15.7 Å². The number of anilines is 1. The molecule has 0 fully saturated rings. The molecule has 1 N–H and O–H groups in total. The van der Waals surface area contributed by atoms with Crippen molar-refractivity contribution in [2.24, 2.45) is 0 Å². The zero-order valence-corrected chi connectivity index (χ0v) is 15.7. The Hall–Kier alpha value is -3.32. The molecule has 0 spiro atoms. The van der Waals surface area contributed by atoms with Gasteiger partial charge in [0.05, 0.1) is 17.7 Å². The average molecular weight is 394 g/mol. The summed E-state index contributed by atoms with van der Waals surface area (Å²) in [7, 11) is -3.83. The number of hydrogen-bond donors (Lipinski definition) is 1. The van der Waals surface area contributed by atoms with Gasteiger partial charge in [0, 0.05) is 6.42 Å². The second kappa shape index (κ2) is 7.74. The van der Waals surface area contributed by atoms with Crippen LogP contribution in [0.15, 0.2) is 97.8 Å². The largest absolute Gasteiger partial charge is 0.467 e. The lowest BCUT2D eigenvalue weighted by Gasteiger charge is -2.04. The second-order valence-electron chi connectivity index (χ2n) is 6.15. The van der Waals surface area contributed by atoms with Crippen LogP contribution in [0.5, 0.6) is 0 Å². The first-order valence-electron chi connectivity index (χ1n) is 8.73. The summed E-state index contributed by atoms with van der Waals surface area (Å²) in [6.45, 7) is 0.282. The molecule has 0 saturated heterocycles. The molecule has 28 heavy (non-hydrogen) atoms. The first kappa shape index (κ1) is 18.1. The normalized spacial score (nSPS) is 11.4. The Morgan fingerprint density at radius 1 is 0.893 bits per heavy atom. The minimum absolute atomic E-state index is 0.103. The zero-order chi connectivity index (χ0) is 19.4. The standard InChI is InChI=1S/C21H18N2O4S/c24-28(25,18-11-5-2-6-12-18)21-20(22-15-17-10-7-13-26-17)27-19(23-21)14-16-8-3-1-4-9-16/h1-13,22H,14-15H2. The van der Waals surface area contributed by atoms with Gasteiger partial charge in [-0.1, -0.05) is 48.5 Å². The monoisotopic (exact) mass is 394 g/mol. The fourth-order valence-electron chi connectivity index (χ4n) is 2.78. The van der Waals surface area contributed by atoms with Gasteiger partial charge in [-0.05, 0) is 29.8 Å². The minimum Gasteiger partial charge on any atom is -0.467 e. The predicted octanol–water partition coefficient (Wildman–Crippen LogP) is 4.30. The van der Waals surface area contributed by atoms with E-state index in [1.807, 2.05) is 30.3 Å². The molecule has 0 atom stereocenters. The highest BCUT2D eigenvalue weighted by molar-refractivity contribution is 7.91. The van der Waals surface area contributed by atoms with Gasteiger partial charge in [-0.2, -0.15) is 4.98 Å². The summed E-state index contributed by atoms with van der Waals surface area (Å²) in [6.07, 6.45) is 1.94. The molecule has 0 aliphatic heterocycles. The van der Waals surface area contributed by atoms with Gasteiger partial charge in [0.1, 0.15) is 5.76 Å². The highest BCUT2D eigenvalue weighted by Crippen LogP contribution is 2.29. The lowest BCUT2D eigenvalue weighted by Crippen LogP contribution is -2.07. The molecule has 7 heteroatoms. The Balaban J connectivity index is 1.70. The van der Waals surface area contributed by atoms with Crippen LogP contribution in [0.4, 0.5) is 5.88 Å². The van der Waals surface area contributed by atoms with Gasteiger partial charge in [0.25, 0.3) is 0 Å². The van der Waals surface area contributed by atoms with E-state index in [4.69, 9.17) is 8.83 Å². The van der Waals surface area contributed by atoms with E-state index in [0.29, 0.717) is 18.1 Å². The maximum Gasteiger partial charge on any atom is 0.233 e. The van der Waals surface area contributed by atoms with E-state index in [0.717, 1.165) is 5.56 Å². The Labute approximate surface area is 162 Å². The summed E-state index contributed by atoms with van der Waals surface area (Å²) < 4.78 is 37.3. The van der Waals surface area contributed by atoms with Crippen LogP contribution in [0.3, 0.4) is 0 Å². The Bertz CT molecular complexity index is 1140. The molecule has 2 heterocycles. The van der Waals surface area contributed by atoms with Gasteiger partial charge in [0.15, 0.2) is 0 Å². The highest BCUT2D eigenvalue weighted by Gasteiger charge is 2.28. The predicted molar refractivity (Wildman–Crippen MR) is 104 cm³/mol. The van der Waals surface area contributed by atoms with Gasteiger partial charge in [-0.3, -0.25) is 0 Å². The molecule has 0 aliphatic rings. The SMILES string of the molecule is O=S(=O)(c1ccccc1)c1nc(Cc2ccccc2)oc1NCc1ccco1. The topological polar surface area (TPSA) is 85.3 Å². The molecule has 2 aromatic carbocycles. The number of hydrogen-bond acceptors (Lipinski definition) is 6. The van der Waals surface area contributed by atoms with Crippen LogP contribution in [-0.4, -0.2) is 13.4 Å². The van der Waals surface area contributed by atoms with E-state index in [1.165, 1.54) is 12.1 Å². The van der Waals surface area contributed by atoms with Crippen LogP contribution in [0.1, 0.15) is 17.2 Å². The van der Waals surface area contributed by atoms with Crippen molar-refractivity contribution in [3.05, 3.63) is 96.3 Å². The van der Waals surface area contributed by atoms with Crippen molar-refractivity contribution in [1.29, 1.82) is 0 Å². The molecule has 142 valence electrons. The van der Waals surface area contributed by atoms with Crippen molar-refractivity contribution < 1.29 is 17.3 Å². The highest BCUT2D eigenvalue weighted by atomic mass is 32.2. The van der Waals surface area contributed by atoms with Crippen LogP contribution in [-0.2, 0) is 22.8 Å². The first-order valence-corrected chi connectivity index (χ1v) is 10.2. The Morgan fingerprint density at radius 3 is 2.29 bits per heavy atom. The maximum absolute atomic E-state index is 13.1. The second-order valence-corrected chi connectivity index (χ2v) is 8.02. The summed E-state index contributed by atoms with van der Waals surface area (Å²) in [4.78, 5) is 4.47. The number of nitrogens with zero attached hydrogens (tertiary/aromatic N) is 1. The van der Waals surface area contributed by atoms with Crippen LogP contribution in [0.2, 0.25) is 0 Å². The summed E-state index contributed by atoms with van der Waals surface area (Å²) in [5.41, 5.74) is 0.977. The molecular weight excluding hydrogens is 376 g/mol. The van der Waals surface area contributed by atoms with Gasteiger partial charge < -0.3 is 14.2 Å². The average Bonchev–Trinajstić information content (AvgIpc) is 3.38. The van der Waals surface area contributed by atoms with Crippen molar-refractivity contribution in [3.63, 3.8) is 0 Å². The lowest BCUT2D eigenvalue weighted by molar-refractivity contribution is 0.497. The molecule has 0 unspecified atom stereocenters. The molecule has 4 aromatic rings. The number of aromatic nitrogens is 1. The number of sulfone groups is 1. The van der Waals surface area contributed by atoms with Crippen LogP contribution in [0, 0.1) is 0 Å². The molecule has 0 aliphatic carbocycles. The third-order valence-electron chi connectivity index (χ3n) is 4.15. The summed E-state index contributed by atoms with van der Waals surface area (Å²) in [6, 6.07) is 21.4. The van der Waals surface area contributed by atoms with E-state index in [1.54, 1.807) is 36.6 Å². The summed E-state index contributed by atoms with van der Waals surface area (Å²) >= 11 is 0. The quantitative estimate of drug-likeness (QED) is 0.503. The van der Waals surface area contributed by atoms with E-state index in [2.05, 4.69) is 10.3 Å². The zero-order valence-electron chi connectivity index (χ0n) is 14.9. The fraction of sp³-hybridized carbons (Fsp3) is 0.0952. The maximum atomic E-state index is 13.1. The summed E-state index contributed by atoms with van der Waals surface area (Å²) in [5.74, 6) is 1.08. The van der Waals surface area contributed by atoms with Gasteiger partial charge in [-0.25, -0.2) is 8.42 Å². The number of nitrogens with one attached hydrogen (secondary N) is 1. The first-order chi connectivity index (χ1) is 13.6. The smallest absolute Gasteiger partial charge is 0.233 e. The molecule has 0 radical (unpaired) electrons. The Morgan fingerprint density at radius 2 is 1.61 bits per heavy atom.